The Hall–Kier alpha value is -2.46. The van der Waals surface area contributed by atoms with E-state index < -0.39 is 36.4 Å². The van der Waals surface area contributed by atoms with Gasteiger partial charge in [0.25, 0.3) is 0 Å². The van der Waals surface area contributed by atoms with Crippen molar-refractivity contribution in [2.75, 3.05) is 13.1 Å². The normalized spacial score (nSPS) is 13.1. The summed E-state index contributed by atoms with van der Waals surface area (Å²) in [6.45, 7) is -0.0119. The van der Waals surface area contributed by atoms with Crippen LogP contribution in [0.1, 0.15) is 25.0 Å². The topological polar surface area (TPSA) is 176 Å². The maximum Gasteiger partial charge on any atom is 0.322 e. The van der Waals surface area contributed by atoms with Crippen molar-refractivity contribution in [3.63, 3.8) is 0 Å². The zero-order chi connectivity index (χ0) is 17.9. The molecule has 0 aliphatic heterocycles. The van der Waals surface area contributed by atoms with Crippen LogP contribution in [0.5, 0.6) is 0 Å². The molecule has 1 rings (SSSR count). The van der Waals surface area contributed by atoms with Crippen LogP contribution < -0.4 is 22.1 Å². The molecule has 0 aliphatic carbocycles. The monoisotopic (exact) mass is 340 g/mol. The van der Waals surface area contributed by atoms with Crippen LogP contribution in [0.2, 0.25) is 0 Å². The van der Waals surface area contributed by atoms with Crippen LogP contribution in [-0.2, 0) is 20.8 Å². The molecule has 1 heterocycles. The van der Waals surface area contributed by atoms with Crippen LogP contribution in [0.15, 0.2) is 12.5 Å². The van der Waals surface area contributed by atoms with Gasteiger partial charge in [0.2, 0.25) is 11.8 Å². The van der Waals surface area contributed by atoms with Gasteiger partial charge in [-0.15, -0.1) is 0 Å². The van der Waals surface area contributed by atoms with Gasteiger partial charge < -0.3 is 32.2 Å². The molecule has 0 saturated carbocycles. The van der Waals surface area contributed by atoms with Gasteiger partial charge in [0.15, 0.2) is 0 Å². The number of nitrogens with one attached hydrogen (secondary N) is 3. The number of nitrogens with two attached hydrogens (primary N) is 2. The zero-order valence-corrected chi connectivity index (χ0v) is 13.3. The highest BCUT2D eigenvalue weighted by atomic mass is 16.4. The molecule has 1 aromatic heterocycles. The lowest BCUT2D eigenvalue weighted by atomic mass is 10.1. The van der Waals surface area contributed by atoms with Crippen molar-refractivity contribution < 1.29 is 19.5 Å². The highest BCUT2D eigenvalue weighted by Gasteiger charge is 2.24. The molecule has 0 saturated heterocycles. The molecule has 10 nitrogen and oxygen atoms in total. The van der Waals surface area contributed by atoms with Gasteiger partial charge in [-0.05, 0) is 19.4 Å². The van der Waals surface area contributed by atoms with Crippen molar-refractivity contribution in [1.29, 1.82) is 0 Å². The molecule has 8 N–H and O–H groups in total. The Morgan fingerprint density at radius 3 is 2.62 bits per heavy atom. The number of aromatic amines is 1. The van der Waals surface area contributed by atoms with Gasteiger partial charge in [-0.25, -0.2) is 4.98 Å². The summed E-state index contributed by atoms with van der Waals surface area (Å²) in [7, 11) is 0. The van der Waals surface area contributed by atoms with E-state index in [4.69, 9.17) is 16.6 Å². The number of unbranched alkanes of at least 4 members (excludes halogenated alkanes) is 1. The Labute approximate surface area is 139 Å². The molecule has 1 aromatic rings. The molecule has 0 bridgehead atoms. The summed E-state index contributed by atoms with van der Waals surface area (Å²) >= 11 is 0. The van der Waals surface area contributed by atoms with E-state index in [1.807, 2.05) is 0 Å². The number of aromatic nitrogens is 2. The highest BCUT2D eigenvalue weighted by Crippen LogP contribution is 2.02. The third-order valence-corrected chi connectivity index (χ3v) is 3.32. The van der Waals surface area contributed by atoms with Crippen LogP contribution in [0.25, 0.3) is 0 Å². The van der Waals surface area contributed by atoms with Crippen molar-refractivity contribution >= 4 is 17.8 Å². The summed E-state index contributed by atoms with van der Waals surface area (Å²) in [5, 5.41) is 13.4. The summed E-state index contributed by atoms with van der Waals surface area (Å²) in [5.41, 5.74) is 11.8. The Bertz CT molecular complexity index is 533. The van der Waals surface area contributed by atoms with Crippen molar-refractivity contribution in [2.24, 2.45) is 11.5 Å². The third-order valence-electron chi connectivity index (χ3n) is 3.32. The van der Waals surface area contributed by atoms with E-state index in [-0.39, 0.29) is 6.42 Å². The number of aliphatic carboxylic acids is 1. The molecule has 0 aliphatic rings. The lowest BCUT2D eigenvalue weighted by Gasteiger charge is -2.19. The van der Waals surface area contributed by atoms with Gasteiger partial charge in [-0.3, -0.25) is 14.4 Å². The summed E-state index contributed by atoms with van der Waals surface area (Å²) in [4.78, 5) is 41.6. The third kappa shape index (κ3) is 7.20. The highest BCUT2D eigenvalue weighted by molar-refractivity contribution is 5.91. The van der Waals surface area contributed by atoms with Gasteiger partial charge in [0, 0.05) is 12.6 Å². The van der Waals surface area contributed by atoms with Gasteiger partial charge >= 0.3 is 5.97 Å². The molecule has 2 atom stereocenters. The first-order chi connectivity index (χ1) is 11.4. The van der Waals surface area contributed by atoms with E-state index in [0.717, 1.165) is 6.42 Å². The van der Waals surface area contributed by atoms with E-state index in [1.54, 1.807) is 6.20 Å². The number of imidazole rings is 1. The molecule has 134 valence electrons. The molecule has 10 heteroatoms. The first-order valence-electron chi connectivity index (χ1n) is 7.67. The minimum Gasteiger partial charge on any atom is -0.480 e. The number of carboxylic acids is 1. The van der Waals surface area contributed by atoms with E-state index in [1.165, 1.54) is 6.33 Å². The molecule has 0 aromatic carbocycles. The maximum atomic E-state index is 12.1. The number of carboxylic acid groups (broad SMARTS) is 1. The summed E-state index contributed by atoms with van der Waals surface area (Å²) in [5.74, 6) is -2.26. The zero-order valence-electron chi connectivity index (χ0n) is 13.3. The predicted molar refractivity (Wildman–Crippen MR) is 85.7 cm³/mol. The smallest absolute Gasteiger partial charge is 0.322 e. The van der Waals surface area contributed by atoms with Crippen molar-refractivity contribution in [3.05, 3.63) is 18.2 Å². The number of carbonyl (C=O) groups is 3. The van der Waals surface area contributed by atoms with Gasteiger partial charge in [-0.2, -0.15) is 0 Å². The van der Waals surface area contributed by atoms with Crippen LogP contribution >= 0.6 is 0 Å². The SMILES string of the molecule is NCCCCC(N)C(=O)NC(Cc1c[nH]cn1)C(=O)NCC(=O)O. The van der Waals surface area contributed by atoms with Crippen LogP contribution in [0.3, 0.4) is 0 Å². The van der Waals surface area contributed by atoms with Gasteiger partial charge in [-0.1, -0.05) is 6.42 Å². The van der Waals surface area contributed by atoms with Crippen LogP contribution in [0, 0.1) is 0 Å². The molecule has 2 amide bonds. The standard InChI is InChI=1S/C14H24N6O4/c15-4-2-1-3-10(16)13(23)20-11(5-9-6-17-8-19-9)14(24)18-7-12(21)22/h6,8,10-11H,1-5,7,15-16H2,(H,17,19)(H,18,24)(H,20,23)(H,21,22). The molecule has 24 heavy (non-hydrogen) atoms. The van der Waals surface area contributed by atoms with Crippen molar-refractivity contribution in [3.8, 4) is 0 Å². The summed E-state index contributed by atoms with van der Waals surface area (Å²) in [6, 6.07) is -1.72. The average Bonchev–Trinajstić information content (AvgIpc) is 3.05. The Morgan fingerprint density at radius 1 is 1.29 bits per heavy atom. The lowest BCUT2D eigenvalue weighted by Crippen LogP contribution is -2.53. The van der Waals surface area contributed by atoms with E-state index >= 15 is 0 Å². The Morgan fingerprint density at radius 2 is 2.04 bits per heavy atom. The van der Waals surface area contributed by atoms with Crippen molar-refractivity contribution in [1.82, 2.24) is 20.6 Å². The molecular weight excluding hydrogens is 316 g/mol. The predicted octanol–water partition coefficient (Wildman–Crippen LogP) is -1.91. The maximum absolute atomic E-state index is 12.1. The molecule has 2 unspecified atom stereocenters. The number of carbonyl (C=O) groups excluding carboxylic acids is 2. The molecule has 0 radical (unpaired) electrons. The van der Waals surface area contributed by atoms with E-state index in [9.17, 15) is 14.4 Å². The minimum atomic E-state index is -1.17. The van der Waals surface area contributed by atoms with Crippen LogP contribution in [-0.4, -0.2) is 58.0 Å². The number of hydrogen-bond acceptors (Lipinski definition) is 6. The fraction of sp³-hybridized carbons (Fsp3) is 0.571. The van der Waals surface area contributed by atoms with E-state index in [2.05, 4.69) is 20.6 Å². The summed E-state index contributed by atoms with van der Waals surface area (Å²) in [6.07, 6.45) is 5.08. The molecule has 0 spiro atoms. The number of nitrogens with zero attached hydrogens (tertiary/aromatic N) is 1. The van der Waals surface area contributed by atoms with Gasteiger partial charge in [0.05, 0.1) is 18.1 Å². The van der Waals surface area contributed by atoms with E-state index in [0.29, 0.717) is 25.1 Å². The lowest BCUT2D eigenvalue weighted by molar-refractivity contribution is -0.138. The number of H-pyrrole nitrogens is 1. The second-order valence-corrected chi connectivity index (χ2v) is 5.33. The number of rotatable bonds is 11. The Balaban J connectivity index is 2.64. The molecular formula is C14H24N6O4. The fourth-order valence-corrected chi connectivity index (χ4v) is 2.03. The Kier molecular flexibility index (Phi) is 8.44. The first-order valence-corrected chi connectivity index (χ1v) is 7.67. The first kappa shape index (κ1) is 19.6. The minimum absolute atomic E-state index is 0.121. The quantitative estimate of drug-likeness (QED) is 0.255. The second kappa shape index (κ2) is 10.3. The van der Waals surface area contributed by atoms with Crippen LogP contribution in [0.4, 0.5) is 0 Å². The second-order valence-electron chi connectivity index (χ2n) is 5.33. The average molecular weight is 340 g/mol. The number of amides is 2. The fourth-order valence-electron chi connectivity index (χ4n) is 2.03. The number of hydrogen-bond donors (Lipinski definition) is 6. The molecule has 0 fully saturated rings. The largest absolute Gasteiger partial charge is 0.480 e. The van der Waals surface area contributed by atoms with Gasteiger partial charge in [0.1, 0.15) is 12.6 Å². The van der Waals surface area contributed by atoms with Crippen molar-refractivity contribution in [2.45, 2.75) is 37.8 Å². The summed E-state index contributed by atoms with van der Waals surface area (Å²) < 4.78 is 0.